The zero-order valence-electron chi connectivity index (χ0n) is 10.2. The highest BCUT2D eigenvalue weighted by Crippen LogP contribution is 2.22. The summed E-state index contributed by atoms with van der Waals surface area (Å²) in [6.45, 7) is 0. The number of fused-ring (bicyclic) bond motifs is 1. The summed E-state index contributed by atoms with van der Waals surface area (Å²) >= 11 is 0. The quantitative estimate of drug-likeness (QED) is 0.808. The number of aliphatic carboxylic acids is 1. The van der Waals surface area contributed by atoms with Gasteiger partial charge in [-0.3, -0.25) is 4.79 Å². The second kappa shape index (κ2) is 5.85. The topological polar surface area (TPSA) is 37.3 Å². The molecule has 0 aromatic heterocycles. The third-order valence-corrected chi connectivity index (χ3v) is 3.52. The smallest absolute Gasteiger partial charge is 0.303 e. The van der Waals surface area contributed by atoms with Gasteiger partial charge in [-0.15, -0.1) is 0 Å². The average molecular weight is 232 g/mol. The van der Waals surface area contributed by atoms with Crippen LogP contribution in [-0.4, -0.2) is 11.1 Å². The fraction of sp³-hybridized carbons (Fsp3) is 0.533. The minimum Gasteiger partial charge on any atom is -0.481 e. The van der Waals surface area contributed by atoms with Gasteiger partial charge in [-0.25, -0.2) is 0 Å². The summed E-state index contributed by atoms with van der Waals surface area (Å²) in [5.41, 5.74) is 4.30. The molecule has 92 valence electrons. The molecule has 0 unspecified atom stereocenters. The lowest BCUT2D eigenvalue weighted by molar-refractivity contribution is -0.137. The third-order valence-electron chi connectivity index (χ3n) is 3.52. The van der Waals surface area contributed by atoms with Gasteiger partial charge in [-0.2, -0.15) is 0 Å². The van der Waals surface area contributed by atoms with Gasteiger partial charge in [0.1, 0.15) is 0 Å². The van der Waals surface area contributed by atoms with Crippen molar-refractivity contribution in [1.82, 2.24) is 0 Å². The number of hydrogen-bond donors (Lipinski definition) is 1. The predicted molar refractivity (Wildman–Crippen MR) is 68.3 cm³/mol. The predicted octanol–water partition coefficient (Wildman–Crippen LogP) is 3.36. The first-order chi connectivity index (χ1) is 8.25. The Morgan fingerprint density at radius 3 is 2.65 bits per heavy atom. The van der Waals surface area contributed by atoms with Crippen LogP contribution in [0.15, 0.2) is 18.2 Å². The van der Waals surface area contributed by atoms with E-state index in [2.05, 4.69) is 18.2 Å². The van der Waals surface area contributed by atoms with Crippen LogP contribution in [0.2, 0.25) is 0 Å². The lowest BCUT2D eigenvalue weighted by atomic mass is 9.98. The molecule has 1 aromatic rings. The molecule has 0 saturated carbocycles. The van der Waals surface area contributed by atoms with E-state index in [9.17, 15) is 4.79 Å². The summed E-state index contributed by atoms with van der Waals surface area (Å²) in [4.78, 5) is 10.5. The number of benzene rings is 1. The molecule has 2 heteroatoms. The third kappa shape index (κ3) is 3.58. The second-order valence-electron chi connectivity index (χ2n) is 4.91. The van der Waals surface area contributed by atoms with Crippen LogP contribution in [0.4, 0.5) is 0 Å². The molecule has 0 aliphatic heterocycles. The molecule has 0 spiro atoms. The average Bonchev–Trinajstić information content (AvgIpc) is 2.53. The Morgan fingerprint density at radius 2 is 1.88 bits per heavy atom. The Hall–Kier alpha value is -1.31. The van der Waals surface area contributed by atoms with Crippen molar-refractivity contribution in [1.29, 1.82) is 0 Å². The first-order valence-electron chi connectivity index (χ1n) is 6.58. The van der Waals surface area contributed by atoms with E-state index in [-0.39, 0.29) is 6.42 Å². The van der Waals surface area contributed by atoms with E-state index in [0.29, 0.717) is 0 Å². The number of carbonyl (C=O) groups is 1. The Kier molecular flexibility index (Phi) is 4.18. The molecular weight excluding hydrogens is 212 g/mol. The minimum atomic E-state index is -0.695. The van der Waals surface area contributed by atoms with Crippen molar-refractivity contribution in [2.75, 3.05) is 0 Å². The second-order valence-corrected chi connectivity index (χ2v) is 4.91. The van der Waals surface area contributed by atoms with Gasteiger partial charge in [0.15, 0.2) is 0 Å². The van der Waals surface area contributed by atoms with E-state index >= 15 is 0 Å². The van der Waals surface area contributed by atoms with E-state index < -0.39 is 5.97 Å². The number of carboxylic acid groups (broad SMARTS) is 1. The minimum absolute atomic E-state index is 0.275. The van der Waals surface area contributed by atoms with Crippen molar-refractivity contribution in [2.45, 2.75) is 51.4 Å². The lowest BCUT2D eigenvalue weighted by Gasteiger charge is -2.08. The maximum atomic E-state index is 10.5. The lowest BCUT2D eigenvalue weighted by Crippen LogP contribution is -1.98. The molecule has 17 heavy (non-hydrogen) atoms. The highest BCUT2D eigenvalue weighted by atomic mass is 16.4. The molecule has 2 rings (SSSR count). The fourth-order valence-corrected chi connectivity index (χ4v) is 2.56. The van der Waals surface area contributed by atoms with Crippen molar-refractivity contribution in [3.63, 3.8) is 0 Å². The van der Waals surface area contributed by atoms with Crippen LogP contribution in [0.1, 0.15) is 48.8 Å². The highest BCUT2D eigenvalue weighted by Gasteiger charge is 2.08. The van der Waals surface area contributed by atoms with E-state index in [1.165, 1.54) is 48.8 Å². The summed E-state index contributed by atoms with van der Waals surface area (Å²) in [5, 5.41) is 8.62. The van der Waals surface area contributed by atoms with Gasteiger partial charge in [0, 0.05) is 6.42 Å². The van der Waals surface area contributed by atoms with Crippen LogP contribution in [-0.2, 0) is 24.1 Å². The van der Waals surface area contributed by atoms with Crippen LogP contribution in [0.5, 0.6) is 0 Å². The highest BCUT2D eigenvalue weighted by molar-refractivity contribution is 5.66. The van der Waals surface area contributed by atoms with Gasteiger partial charge in [-0.05, 0) is 55.2 Å². The zero-order chi connectivity index (χ0) is 12.1. The largest absolute Gasteiger partial charge is 0.481 e. The van der Waals surface area contributed by atoms with Crippen molar-refractivity contribution in [2.24, 2.45) is 0 Å². The fourth-order valence-electron chi connectivity index (χ4n) is 2.56. The molecule has 2 nitrogen and oxygen atoms in total. The Morgan fingerprint density at radius 1 is 1.12 bits per heavy atom. The molecule has 1 N–H and O–H groups in total. The molecule has 0 heterocycles. The normalized spacial score (nSPS) is 15.1. The maximum absolute atomic E-state index is 10.5. The van der Waals surface area contributed by atoms with E-state index in [1.807, 2.05) is 0 Å². The van der Waals surface area contributed by atoms with Gasteiger partial charge in [0.2, 0.25) is 0 Å². The van der Waals surface area contributed by atoms with Crippen LogP contribution >= 0.6 is 0 Å². The number of aryl methyl sites for hydroxylation is 3. The molecule has 1 aromatic carbocycles. The summed E-state index contributed by atoms with van der Waals surface area (Å²) in [5.74, 6) is -0.695. The molecule has 0 bridgehead atoms. The zero-order valence-corrected chi connectivity index (χ0v) is 10.2. The molecule has 0 fully saturated rings. The number of carboxylic acids is 1. The Bertz CT molecular complexity index is 396. The van der Waals surface area contributed by atoms with Crippen LogP contribution in [0, 0.1) is 0 Å². The van der Waals surface area contributed by atoms with Crippen molar-refractivity contribution >= 4 is 5.97 Å². The van der Waals surface area contributed by atoms with E-state index in [1.54, 1.807) is 0 Å². The van der Waals surface area contributed by atoms with Crippen LogP contribution < -0.4 is 0 Å². The van der Waals surface area contributed by atoms with Crippen LogP contribution in [0.3, 0.4) is 0 Å². The molecular formula is C15H20O2. The van der Waals surface area contributed by atoms with E-state index in [0.717, 1.165) is 12.8 Å². The van der Waals surface area contributed by atoms with Crippen molar-refractivity contribution in [3.05, 3.63) is 34.9 Å². The Balaban J connectivity index is 1.99. The number of hydrogen-bond acceptors (Lipinski definition) is 1. The first kappa shape index (κ1) is 12.2. The van der Waals surface area contributed by atoms with Gasteiger partial charge in [0.05, 0.1) is 0 Å². The molecule has 0 atom stereocenters. The molecule has 1 aliphatic carbocycles. The van der Waals surface area contributed by atoms with Crippen molar-refractivity contribution < 1.29 is 9.90 Å². The van der Waals surface area contributed by atoms with Crippen LogP contribution in [0.25, 0.3) is 0 Å². The van der Waals surface area contributed by atoms with Crippen molar-refractivity contribution in [3.8, 4) is 0 Å². The van der Waals surface area contributed by atoms with Gasteiger partial charge in [0.25, 0.3) is 0 Å². The van der Waals surface area contributed by atoms with Gasteiger partial charge >= 0.3 is 5.97 Å². The summed E-state index contributed by atoms with van der Waals surface area (Å²) in [6.07, 6.45) is 8.26. The first-order valence-corrected chi connectivity index (χ1v) is 6.58. The molecule has 0 saturated heterocycles. The number of rotatable bonds is 4. The standard InChI is InChI=1S/C15H20O2/c16-15(17)8-4-5-12-9-10-13-6-2-1-3-7-14(13)11-12/h9-11H,1-8H2,(H,16,17). The summed E-state index contributed by atoms with van der Waals surface area (Å²) in [6, 6.07) is 6.71. The summed E-state index contributed by atoms with van der Waals surface area (Å²) < 4.78 is 0. The molecule has 0 radical (unpaired) electrons. The van der Waals surface area contributed by atoms with Gasteiger partial charge in [-0.1, -0.05) is 24.6 Å². The molecule has 0 amide bonds. The molecule has 1 aliphatic rings. The van der Waals surface area contributed by atoms with Gasteiger partial charge < -0.3 is 5.11 Å². The SMILES string of the molecule is O=C(O)CCCc1ccc2c(c1)CCCCC2. The maximum Gasteiger partial charge on any atom is 0.303 e. The Labute approximate surface area is 103 Å². The summed E-state index contributed by atoms with van der Waals surface area (Å²) in [7, 11) is 0. The van der Waals surface area contributed by atoms with E-state index in [4.69, 9.17) is 5.11 Å². The monoisotopic (exact) mass is 232 g/mol.